The summed E-state index contributed by atoms with van der Waals surface area (Å²) < 4.78 is 1.37. The van der Waals surface area contributed by atoms with Gasteiger partial charge >= 0.3 is 5.69 Å². The van der Waals surface area contributed by atoms with E-state index in [1.807, 2.05) is 37.3 Å². The Morgan fingerprint density at radius 1 is 1.28 bits per heavy atom. The summed E-state index contributed by atoms with van der Waals surface area (Å²) in [6, 6.07) is 9.49. The first-order valence-electron chi connectivity index (χ1n) is 9.86. The average molecular weight is 420 g/mol. The Bertz CT molecular complexity index is 923. The Kier molecular flexibility index (Phi) is 8.41. The van der Waals surface area contributed by atoms with Crippen LogP contribution in [-0.4, -0.2) is 48.4 Å². The van der Waals surface area contributed by atoms with Crippen LogP contribution in [0.15, 0.2) is 39.9 Å². The number of nitrogens with one attached hydrogen (secondary N) is 3. The molecule has 5 N–H and O–H groups in total. The average Bonchev–Trinajstić information content (AvgIpc) is 2.68. The van der Waals surface area contributed by atoms with E-state index in [9.17, 15) is 9.59 Å². The quantitative estimate of drug-likeness (QED) is 0.332. The predicted molar refractivity (Wildman–Crippen MR) is 122 cm³/mol. The van der Waals surface area contributed by atoms with Crippen molar-refractivity contribution in [2.75, 3.05) is 44.4 Å². The van der Waals surface area contributed by atoms with E-state index in [1.165, 1.54) is 9.47 Å². The third-order valence-electron chi connectivity index (χ3n) is 4.49. The number of thiocarbonyl (C=S) groups is 1. The lowest BCUT2D eigenvalue weighted by Crippen LogP contribution is -3.05. The van der Waals surface area contributed by atoms with Crippen molar-refractivity contribution in [1.82, 2.24) is 14.9 Å². The number of nitrogens with zero attached hydrogens (tertiary/aromatic N) is 2. The van der Waals surface area contributed by atoms with Crippen LogP contribution in [0.4, 0.5) is 11.5 Å². The van der Waals surface area contributed by atoms with E-state index in [0.29, 0.717) is 18.2 Å². The van der Waals surface area contributed by atoms with Crippen molar-refractivity contribution in [3.8, 4) is 0 Å². The topological polar surface area (TPSA) is 101 Å². The molecule has 0 spiro atoms. The Morgan fingerprint density at radius 3 is 2.59 bits per heavy atom. The molecule has 0 atom stereocenters. The van der Waals surface area contributed by atoms with Gasteiger partial charge < -0.3 is 20.9 Å². The van der Waals surface area contributed by atoms with Crippen molar-refractivity contribution in [2.45, 2.75) is 26.3 Å². The molecule has 0 unspecified atom stereocenters. The van der Waals surface area contributed by atoms with Crippen LogP contribution < -0.4 is 32.1 Å². The summed E-state index contributed by atoms with van der Waals surface area (Å²) in [5, 5.41) is 3.64. The largest absolute Gasteiger partial charge is 0.383 e. The number of aromatic amines is 1. The molecule has 0 bridgehead atoms. The van der Waals surface area contributed by atoms with E-state index < -0.39 is 11.2 Å². The van der Waals surface area contributed by atoms with Crippen molar-refractivity contribution >= 4 is 28.8 Å². The Hall–Kier alpha value is -2.65. The van der Waals surface area contributed by atoms with Gasteiger partial charge in [0.1, 0.15) is 5.82 Å². The molecule has 0 aliphatic carbocycles. The molecule has 158 valence electrons. The maximum atomic E-state index is 12.6. The molecule has 2 rings (SSSR count). The van der Waals surface area contributed by atoms with E-state index in [2.05, 4.69) is 24.4 Å². The van der Waals surface area contributed by atoms with E-state index in [1.54, 1.807) is 4.90 Å². The van der Waals surface area contributed by atoms with Crippen molar-refractivity contribution in [3.63, 3.8) is 0 Å². The molecule has 0 saturated carbocycles. The van der Waals surface area contributed by atoms with Gasteiger partial charge in [-0.15, -0.1) is 0 Å². The first-order valence-corrected chi connectivity index (χ1v) is 10.3. The van der Waals surface area contributed by atoms with Gasteiger partial charge in [0.05, 0.1) is 27.2 Å². The maximum absolute atomic E-state index is 12.6. The molecule has 1 aromatic carbocycles. The highest BCUT2D eigenvalue weighted by molar-refractivity contribution is 7.80. The summed E-state index contributed by atoms with van der Waals surface area (Å²) >= 11 is 5.54. The molecular formula is C20H31N6O2S+. The van der Waals surface area contributed by atoms with Crippen LogP contribution in [0.25, 0.3) is 0 Å². The number of hydrogen-bond acceptors (Lipinski definition) is 4. The summed E-state index contributed by atoms with van der Waals surface area (Å²) in [4.78, 5) is 30.5. The molecule has 0 fully saturated rings. The van der Waals surface area contributed by atoms with Crippen LogP contribution in [0.5, 0.6) is 0 Å². The summed E-state index contributed by atoms with van der Waals surface area (Å²) in [7, 11) is 4.19. The third-order valence-corrected chi connectivity index (χ3v) is 4.85. The van der Waals surface area contributed by atoms with E-state index in [-0.39, 0.29) is 18.1 Å². The van der Waals surface area contributed by atoms with Gasteiger partial charge in [0, 0.05) is 19.5 Å². The van der Waals surface area contributed by atoms with Gasteiger partial charge in [-0.1, -0.05) is 37.3 Å². The zero-order chi connectivity index (χ0) is 21.4. The zero-order valence-corrected chi connectivity index (χ0v) is 18.1. The van der Waals surface area contributed by atoms with Crippen molar-refractivity contribution in [3.05, 3.63) is 56.7 Å². The second-order valence-electron chi connectivity index (χ2n) is 7.26. The third kappa shape index (κ3) is 6.16. The molecule has 0 aliphatic heterocycles. The number of rotatable bonds is 9. The highest BCUT2D eigenvalue weighted by atomic mass is 32.1. The monoisotopic (exact) mass is 419 g/mol. The van der Waals surface area contributed by atoms with Crippen LogP contribution in [0, 0.1) is 0 Å². The molecular weight excluding hydrogens is 388 g/mol. The number of benzene rings is 1. The van der Waals surface area contributed by atoms with Gasteiger partial charge in [-0.25, -0.2) is 4.79 Å². The molecule has 0 aliphatic rings. The van der Waals surface area contributed by atoms with E-state index in [0.717, 1.165) is 24.9 Å². The Labute approximate surface area is 176 Å². The van der Waals surface area contributed by atoms with Gasteiger partial charge in [-0.2, -0.15) is 0 Å². The number of nitrogen functional groups attached to an aromatic ring is 1. The fourth-order valence-electron chi connectivity index (χ4n) is 3.03. The Morgan fingerprint density at radius 2 is 1.97 bits per heavy atom. The standard InChI is InChI=1S/C20H30N6O2S/c1-4-12-25(20(29)22-11-8-13-24(2)3)16-17(21)26(19(28)23-18(16)27)14-15-9-6-5-7-10-15/h5-7,9-10H,4,8,11-14,21H2,1-3H3,(H,22,29)(H,23,27,28)/p+1. The van der Waals surface area contributed by atoms with Crippen LogP contribution in [0.2, 0.25) is 0 Å². The van der Waals surface area contributed by atoms with Crippen molar-refractivity contribution in [1.29, 1.82) is 0 Å². The molecule has 1 aromatic heterocycles. The molecule has 2 aromatic rings. The van der Waals surface area contributed by atoms with Gasteiger partial charge in [-0.3, -0.25) is 14.3 Å². The van der Waals surface area contributed by atoms with Crippen LogP contribution in [0.1, 0.15) is 25.3 Å². The lowest BCUT2D eigenvalue weighted by molar-refractivity contribution is -0.858. The van der Waals surface area contributed by atoms with Gasteiger partial charge in [0.25, 0.3) is 5.56 Å². The molecule has 1 heterocycles. The van der Waals surface area contributed by atoms with Crippen molar-refractivity contribution < 1.29 is 4.90 Å². The predicted octanol–water partition coefficient (Wildman–Crippen LogP) is -0.207. The second kappa shape index (κ2) is 10.8. The molecule has 9 heteroatoms. The second-order valence-corrected chi connectivity index (χ2v) is 7.65. The maximum Gasteiger partial charge on any atom is 0.330 e. The zero-order valence-electron chi connectivity index (χ0n) is 17.3. The number of anilines is 2. The number of aromatic nitrogens is 2. The minimum Gasteiger partial charge on any atom is -0.383 e. The first-order chi connectivity index (χ1) is 13.8. The summed E-state index contributed by atoms with van der Waals surface area (Å²) in [6.07, 6.45) is 1.71. The molecule has 0 saturated heterocycles. The summed E-state index contributed by atoms with van der Waals surface area (Å²) in [5.74, 6) is 0.109. The normalized spacial score (nSPS) is 10.9. The lowest BCUT2D eigenvalue weighted by Gasteiger charge is -2.26. The summed E-state index contributed by atoms with van der Waals surface area (Å²) in [6.45, 7) is 4.48. The number of H-pyrrole nitrogens is 1. The lowest BCUT2D eigenvalue weighted by atomic mass is 10.2. The fraction of sp³-hybridized carbons (Fsp3) is 0.450. The highest BCUT2D eigenvalue weighted by Crippen LogP contribution is 2.18. The van der Waals surface area contributed by atoms with Crippen LogP contribution >= 0.6 is 12.2 Å². The minimum atomic E-state index is -0.538. The Balaban J connectivity index is 2.33. The SMILES string of the molecule is CCCN(C(=S)NCCC[NH+](C)C)c1c(N)n(Cc2ccccc2)c(=O)[nH]c1=O. The van der Waals surface area contributed by atoms with Gasteiger partial charge in [0.2, 0.25) is 0 Å². The number of nitrogens with two attached hydrogens (primary N) is 1. The highest BCUT2D eigenvalue weighted by Gasteiger charge is 2.21. The molecule has 0 radical (unpaired) electrons. The number of quaternary nitrogens is 1. The molecule has 29 heavy (non-hydrogen) atoms. The van der Waals surface area contributed by atoms with Crippen molar-refractivity contribution in [2.24, 2.45) is 0 Å². The molecule has 8 nitrogen and oxygen atoms in total. The first kappa shape index (κ1) is 22.6. The molecule has 0 amide bonds. The fourth-order valence-corrected chi connectivity index (χ4v) is 3.32. The number of hydrogen-bond donors (Lipinski definition) is 4. The van der Waals surface area contributed by atoms with Gasteiger partial charge in [-0.05, 0) is 24.2 Å². The van der Waals surface area contributed by atoms with E-state index in [4.69, 9.17) is 18.0 Å². The van der Waals surface area contributed by atoms with E-state index >= 15 is 0 Å². The summed E-state index contributed by atoms with van der Waals surface area (Å²) in [5.41, 5.74) is 6.35. The minimum absolute atomic E-state index is 0.109. The van der Waals surface area contributed by atoms with Crippen LogP contribution in [0.3, 0.4) is 0 Å². The van der Waals surface area contributed by atoms with Crippen LogP contribution in [-0.2, 0) is 6.54 Å². The smallest absolute Gasteiger partial charge is 0.330 e. The van der Waals surface area contributed by atoms with Gasteiger partial charge in [0.15, 0.2) is 10.8 Å².